The molecule has 1 heterocycles. The number of carboxylic acid groups (broad SMARTS) is 1. The Balaban J connectivity index is 1.99. The number of carbonyl (C=O) groups is 1. The second-order valence-corrected chi connectivity index (χ2v) is 7.55. The Kier molecular flexibility index (Phi) is 5.80. The van der Waals surface area contributed by atoms with Gasteiger partial charge in [-0.3, -0.25) is 9.69 Å². The fourth-order valence-electron chi connectivity index (χ4n) is 3.72. The van der Waals surface area contributed by atoms with Gasteiger partial charge in [0.1, 0.15) is 11.6 Å². The Morgan fingerprint density at radius 3 is 2.26 bits per heavy atom. The topological polar surface area (TPSA) is 60.8 Å². The summed E-state index contributed by atoms with van der Waals surface area (Å²) >= 11 is 0. The average Bonchev–Trinajstić information content (AvgIpc) is 2.65. The zero-order valence-electron chi connectivity index (χ0n) is 15.7. The first-order valence-electron chi connectivity index (χ1n) is 9.42. The van der Waals surface area contributed by atoms with Crippen LogP contribution in [0.25, 0.3) is 0 Å². The van der Waals surface area contributed by atoms with Crippen molar-refractivity contribution in [3.8, 4) is 5.75 Å². The Morgan fingerprint density at radius 2 is 1.70 bits per heavy atom. The quantitative estimate of drug-likeness (QED) is 0.810. The molecule has 0 unspecified atom stereocenters. The van der Waals surface area contributed by atoms with Crippen molar-refractivity contribution in [1.82, 2.24) is 4.90 Å². The predicted molar refractivity (Wildman–Crippen MR) is 102 cm³/mol. The van der Waals surface area contributed by atoms with Gasteiger partial charge >= 0.3 is 5.97 Å². The first-order chi connectivity index (χ1) is 12.9. The van der Waals surface area contributed by atoms with Crippen LogP contribution in [0.2, 0.25) is 0 Å². The molecule has 5 heteroatoms. The molecule has 0 bridgehead atoms. The van der Waals surface area contributed by atoms with Gasteiger partial charge < -0.3 is 10.2 Å². The van der Waals surface area contributed by atoms with Crippen molar-refractivity contribution < 1.29 is 19.4 Å². The third-order valence-corrected chi connectivity index (χ3v) is 5.59. The number of piperidine rings is 1. The third-order valence-electron chi connectivity index (χ3n) is 5.59. The molecule has 27 heavy (non-hydrogen) atoms. The third kappa shape index (κ3) is 4.30. The molecular formula is C22H26FNO3. The summed E-state index contributed by atoms with van der Waals surface area (Å²) < 4.78 is 13.4. The second-order valence-electron chi connectivity index (χ2n) is 7.55. The number of phenols is 1. The first kappa shape index (κ1) is 19.4. The summed E-state index contributed by atoms with van der Waals surface area (Å²) in [7, 11) is 0. The summed E-state index contributed by atoms with van der Waals surface area (Å²) in [6.45, 7) is 5.63. The maximum Gasteiger partial charge on any atom is 0.310 e. The number of likely N-dealkylation sites (tertiary alicyclic amines) is 1. The lowest BCUT2D eigenvalue weighted by Gasteiger charge is -2.37. The molecule has 2 atom stereocenters. The van der Waals surface area contributed by atoms with E-state index in [9.17, 15) is 19.4 Å². The minimum absolute atomic E-state index is 0.0774. The molecule has 1 aliphatic heterocycles. The van der Waals surface area contributed by atoms with Crippen molar-refractivity contribution in [3.63, 3.8) is 0 Å². The lowest BCUT2D eigenvalue weighted by molar-refractivity contribution is -0.138. The molecule has 0 spiro atoms. The minimum Gasteiger partial charge on any atom is -0.508 e. The van der Waals surface area contributed by atoms with Crippen molar-refractivity contribution in [2.24, 2.45) is 5.92 Å². The second kappa shape index (κ2) is 8.09. The van der Waals surface area contributed by atoms with Crippen LogP contribution in [0.3, 0.4) is 0 Å². The number of halogens is 1. The van der Waals surface area contributed by atoms with E-state index in [-0.39, 0.29) is 17.6 Å². The predicted octanol–water partition coefficient (Wildman–Crippen LogP) is 4.54. The first-order valence-corrected chi connectivity index (χ1v) is 9.42. The largest absolute Gasteiger partial charge is 0.508 e. The van der Waals surface area contributed by atoms with Crippen LogP contribution in [-0.4, -0.2) is 34.2 Å². The Labute approximate surface area is 159 Å². The number of rotatable bonds is 5. The number of nitrogens with zero attached hydrogens (tertiary/aromatic N) is 1. The standard InChI is InChI=1S/C22H26FNO3/c1-14-9-11-24(12-10-14)21(16-3-6-18(23)7-4-16)19-8-5-17(13-20(19)25)15(2)22(26)27/h3-8,13-15,21,25H,9-12H2,1-2H3,(H,26,27)/t15-,21+/m1/s1. The highest BCUT2D eigenvalue weighted by Crippen LogP contribution is 2.38. The van der Waals surface area contributed by atoms with Crippen LogP contribution in [-0.2, 0) is 4.79 Å². The Hall–Kier alpha value is -2.40. The summed E-state index contributed by atoms with van der Waals surface area (Å²) in [5.74, 6) is -1.16. The van der Waals surface area contributed by atoms with Gasteiger partial charge in [0.05, 0.1) is 12.0 Å². The molecule has 2 N–H and O–H groups in total. The molecule has 0 radical (unpaired) electrons. The van der Waals surface area contributed by atoms with Gasteiger partial charge in [0.15, 0.2) is 0 Å². The molecule has 3 rings (SSSR count). The van der Waals surface area contributed by atoms with Crippen LogP contribution in [0.15, 0.2) is 42.5 Å². The normalized spacial score (nSPS) is 18.2. The van der Waals surface area contributed by atoms with Gasteiger partial charge in [-0.05, 0) is 68.1 Å². The van der Waals surface area contributed by atoms with E-state index >= 15 is 0 Å². The number of aliphatic carboxylic acids is 1. The molecule has 0 aliphatic carbocycles. The Bertz CT molecular complexity index is 798. The monoisotopic (exact) mass is 371 g/mol. The number of carboxylic acids is 1. The summed E-state index contributed by atoms with van der Waals surface area (Å²) in [5.41, 5.74) is 2.20. The van der Waals surface area contributed by atoms with Crippen molar-refractivity contribution in [3.05, 3.63) is 65.0 Å². The zero-order chi connectivity index (χ0) is 19.6. The van der Waals surface area contributed by atoms with Gasteiger partial charge in [-0.1, -0.05) is 31.2 Å². The van der Waals surface area contributed by atoms with Gasteiger partial charge in [-0.2, -0.15) is 0 Å². The summed E-state index contributed by atoms with van der Waals surface area (Å²) in [5, 5.41) is 19.9. The average molecular weight is 371 g/mol. The molecular weight excluding hydrogens is 345 g/mol. The molecule has 1 fully saturated rings. The zero-order valence-corrected chi connectivity index (χ0v) is 15.7. The number of phenolic OH excluding ortho intramolecular Hbond substituents is 1. The molecule has 0 aromatic heterocycles. The van der Waals surface area contributed by atoms with Gasteiger partial charge in [0.25, 0.3) is 0 Å². The van der Waals surface area contributed by atoms with Gasteiger partial charge in [-0.15, -0.1) is 0 Å². The fraction of sp³-hybridized carbons (Fsp3) is 0.409. The summed E-state index contributed by atoms with van der Waals surface area (Å²) in [4.78, 5) is 13.5. The van der Waals surface area contributed by atoms with Crippen LogP contribution in [0.5, 0.6) is 5.75 Å². The van der Waals surface area contributed by atoms with Crippen LogP contribution in [0.1, 0.15) is 55.3 Å². The van der Waals surface area contributed by atoms with E-state index in [1.807, 2.05) is 0 Å². The van der Waals surface area contributed by atoms with Crippen molar-refractivity contribution >= 4 is 5.97 Å². The molecule has 0 saturated carbocycles. The van der Waals surface area contributed by atoms with Crippen LogP contribution < -0.4 is 0 Å². The highest BCUT2D eigenvalue weighted by molar-refractivity contribution is 5.75. The van der Waals surface area contributed by atoms with E-state index < -0.39 is 11.9 Å². The van der Waals surface area contributed by atoms with Gasteiger partial charge in [0, 0.05) is 5.56 Å². The van der Waals surface area contributed by atoms with E-state index in [0.717, 1.165) is 37.1 Å². The lowest BCUT2D eigenvalue weighted by Crippen LogP contribution is -2.36. The molecule has 2 aromatic carbocycles. The highest BCUT2D eigenvalue weighted by atomic mass is 19.1. The molecule has 2 aromatic rings. The minimum atomic E-state index is -0.928. The molecule has 1 aliphatic rings. The van der Waals surface area contributed by atoms with Crippen LogP contribution in [0, 0.1) is 11.7 Å². The van der Waals surface area contributed by atoms with Crippen molar-refractivity contribution in [2.45, 2.75) is 38.6 Å². The van der Waals surface area contributed by atoms with E-state index in [2.05, 4.69) is 11.8 Å². The molecule has 1 saturated heterocycles. The smallest absolute Gasteiger partial charge is 0.310 e. The Morgan fingerprint density at radius 1 is 1.11 bits per heavy atom. The SMILES string of the molecule is CC1CCN([C@@H](c2ccc(F)cc2)c2ccc([C@@H](C)C(=O)O)cc2O)CC1. The van der Waals surface area contributed by atoms with Gasteiger partial charge in [0.2, 0.25) is 0 Å². The van der Waals surface area contributed by atoms with E-state index in [1.165, 1.54) is 18.2 Å². The fourth-order valence-corrected chi connectivity index (χ4v) is 3.72. The van der Waals surface area contributed by atoms with Crippen molar-refractivity contribution in [2.75, 3.05) is 13.1 Å². The van der Waals surface area contributed by atoms with E-state index in [4.69, 9.17) is 0 Å². The maximum absolute atomic E-state index is 13.4. The lowest BCUT2D eigenvalue weighted by atomic mass is 9.90. The van der Waals surface area contributed by atoms with E-state index in [0.29, 0.717) is 11.5 Å². The molecule has 0 amide bonds. The number of hydrogen-bond acceptors (Lipinski definition) is 3. The van der Waals surface area contributed by atoms with Crippen LogP contribution in [0.4, 0.5) is 4.39 Å². The van der Waals surface area contributed by atoms with Crippen LogP contribution >= 0.6 is 0 Å². The summed E-state index contributed by atoms with van der Waals surface area (Å²) in [6.07, 6.45) is 2.15. The van der Waals surface area contributed by atoms with E-state index in [1.54, 1.807) is 31.2 Å². The number of benzene rings is 2. The van der Waals surface area contributed by atoms with Crippen molar-refractivity contribution in [1.29, 1.82) is 0 Å². The summed E-state index contributed by atoms with van der Waals surface area (Å²) in [6, 6.07) is 11.3. The highest BCUT2D eigenvalue weighted by Gasteiger charge is 2.28. The number of hydrogen-bond donors (Lipinski definition) is 2. The molecule has 144 valence electrons. The molecule has 4 nitrogen and oxygen atoms in total. The number of aromatic hydroxyl groups is 1. The maximum atomic E-state index is 13.4. The van der Waals surface area contributed by atoms with Gasteiger partial charge in [-0.25, -0.2) is 4.39 Å².